The highest BCUT2D eigenvalue weighted by molar-refractivity contribution is 7.89. The molecule has 0 bridgehead atoms. The van der Waals surface area contributed by atoms with E-state index in [0.29, 0.717) is 11.1 Å². The van der Waals surface area contributed by atoms with Gasteiger partial charge in [-0.15, -0.1) is 0 Å². The van der Waals surface area contributed by atoms with E-state index >= 15 is 0 Å². The van der Waals surface area contributed by atoms with Crippen molar-refractivity contribution in [3.05, 3.63) is 33.4 Å². The van der Waals surface area contributed by atoms with Gasteiger partial charge < -0.3 is 5.11 Å². The van der Waals surface area contributed by atoms with E-state index in [1.165, 1.54) is 19.2 Å². The van der Waals surface area contributed by atoms with E-state index < -0.39 is 26.7 Å². The van der Waals surface area contributed by atoms with E-state index in [4.69, 9.17) is 0 Å². The van der Waals surface area contributed by atoms with Crippen LogP contribution in [0.4, 0.5) is 5.69 Å². The maximum atomic E-state index is 12.5. The third-order valence-electron chi connectivity index (χ3n) is 3.32. The molecule has 0 aliphatic rings. The number of aliphatic hydroxyl groups is 1. The average Bonchev–Trinajstić information content (AvgIpc) is 2.37. The summed E-state index contributed by atoms with van der Waals surface area (Å²) in [5.41, 5.74) is 0.900. The largest absolute Gasteiger partial charge is 0.393 e. The molecular weight excluding hydrogens is 296 g/mol. The van der Waals surface area contributed by atoms with Crippen molar-refractivity contribution in [2.45, 2.75) is 38.2 Å². The first-order valence-corrected chi connectivity index (χ1v) is 7.91. The topological polar surface area (TPSA) is 101 Å². The number of nitro benzene ring substituents is 1. The molecule has 1 atom stereocenters. The molecule has 118 valence electrons. The summed E-state index contributed by atoms with van der Waals surface area (Å²) in [5.74, 6) is 0. The lowest BCUT2D eigenvalue weighted by molar-refractivity contribution is -0.387. The Balaban J connectivity index is 3.30. The SMILES string of the molecule is Cc1cc([N+](=O)[O-])c(S(=O)(=O)N(C)CCC(C)O)cc1C. The number of benzene rings is 1. The molecule has 21 heavy (non-hydrogen) atoms. The Labute approximate surface area is 124 Å². The fourth-order valence-corrected chi connectivity index (χ4v) is 3.19. The fraction of sp³-hybridized carbons (Fsp3) is 0.538. The van der Waals surface area contributed by atoms with Crippen molar-refractivity contribution in [3.8, 4) is 0 Å². The Hall–Kier alpha value is -1.51. The van der Waals surface area contributed by atoms with Crippen LogP contribution in [0.1, 0.15) is 24.5 Å². The van der Waals surface area contributed by atoms with Gasteiger partial charge in [0, 0.05) is 19.7 Å². The van der Waals surface area contributed by atoms with Crippen LogP contribution in [0, 0.1) is 24.0 Å². The van der Waals surface area contributed by atoms with Crippen molar-refractivity contribution >= 4 is 15.7 Å². The van der Waals surface area contributed by atoms with Gasteiger partial charge in [-0.25, -0.2) is 12.7 Å². The minimum Gasteiger partial charge on any atom is -0.393 e. The predicted molar refractivity (Wildman–Crippen MR) is 78.7 cm³/mol. The second-order valence-corrected chi connectivity index (χ2v) is 7.14. The van der Waals surface area contributed by atoms with E-state index in [2.05, 4.69) is 0 Å². The van der Waals surface area contributed by atoms with E-state index in [1.807, 2.05) is 0 Å². The zero-order valence-electron chi connectivity index (χ0n) is 12.5. The van der Waals surface area contributed by atoms with Crippen LogP contribution < -0.4 is 0 Å². The lowest BCUT2D eigenvalue weighted by Crippen LogP contribution is -2.30. The highest BCUT2D eigenvalue weighted by atomic mass is 32.2. The van der Waals surface area contributed by atoms with Gasteiger partial charge in [0.25, 0.3) is 5.69 Å². The van der Waals surface area contributed by atoms with Crippen molar-refractivity contribution in [1.82, 2.24) is 4.31 Å². The van der Waals surface area contributed by atoms with Crippen LogP contribution in [0.2, 0.25) is 0 Å². The van der Waals surface area contributed by atoms with E-state index in [9.17, 15) is 23.6 Å². The van der Waals surface area contributed by atoms with Crippen molar-refractivity contribution in [1.29, 1.82) is 0 Å². The third-order valence-corrected chi connectivity index (χ3v) is 5.21. The molecule has 0 amide bonds. The molecule has 0 aromatic heterocycles. The second kappa shape index (κ2) is 6.50. The Morgan fingerprint density at radius 2 is 1.86 bits per heavy atom. The number of hydrogen-bond donors (Lipinski definition) is 1. The monoisotopic (exact) mass is 316 g/mol. The number of aryl methyl sites for hydroxylation is 2. The van der Waals surface area contributed by atoms with Gasteiger partial charge in [0.15, 0.2) is 4.90 Å². The summed E-state index contributed by atoms with van der Waals surface area (Å²) in [5, 5.41) is 20.3. The molecule has 7 nitrogen and oxygen atoms in total. The van der Waals surface area contributed by atoms with Gasteiger partial charge in [0.1, 0.15) is 0 Å². The van der Waals surface area contributed by atoms with Crippen molar-refractivity contribution in [2.75, 3.05) is 13.6 Å². The highest BCUT2D eigenvalue weighted by Crippen LogP contribution is 2.29. The van der Waals surface area contributed by atoms with Crippen LogP contribution in [-0.4, -0.2) is 42.4 Å². The van der Waals surface area contributed by atoms with Crippen LogP contribution in [0.5, 0.6) is 0 Å². The van der Waals surface area contributed by atoms with E-state index in [-0.39, 0.29) is 17.9 Å². The Kier molecular flexibility index (Phi) is 5.43. The highest BCUT2D eigenvalue weighted by Gasteiger charge is 2.30. The Morgan fingerprint density at radius 3 is 2.33 bits per heavy atom. The number of aliphatic hydroxyl groups excluding tert-OH is 1. The maximum Gasteiger partial charge on any atom is 0.289 e. The van der Waals surface area contributed by atoms with Gasteiger partial charge in [0.05, 0.1) is 11.0 Å². The summed E-state index contributed by atoms with van der Waals surface area (Å²) in [6.07, 6.45) is -0.383. The minimum absolute atomic E-state index is 0.0874. The first-order valence-electron chi connectivity index (χ1n) is 6.47. The quantitative estimate of drug-likeness (QED) is 0.634. The molecule has 1 aromatic rings. The zero-order chi connectivity index (χ0) is 16.4. The predicted octanol–water partition coefficient (Wildman–Crippen LogP) is 1.60. The smallest absolute Gasteiger partial charge is 0.289 e. The van der Waals surface area contributed by atoms with Gasteiger partial charge in [0.2, 0.25) is 10.0 Å². The summed E-state index contributed by atoms with van der Waals surface area (Å²) in [6.45, 7) is 5.03. The van der Waals surface area contributed by atoms with E-state index in [1.54, 1.807) is 20.8 Å². The molecule has 0 saturated heterocycles. The standard InChI is InChI=1S/C13H20N2O5S/c1-9-7-12(15(17)18)13(8-10(9)2)21(19,20)14(4)6-5-11(3)16/h7-8,11,16H,5-6H2,1-4H3. The average molecular weight is 316 g/mol. The molecule has 0 spiro atoms. The molecule has 0 saturated carbocycles. The summed E-state index contributed by atoms with van der Waals surface area (Å²) >= 11 is 0. The molecule has 1 rings (SSSR count). The van der Waals surface area contributed by atoms with Gasteiger partial charge in [-0.1, -0.05) is 0 Å². The molecule has 1 unspecified atom stereocenters. The maximum absolute atomic E-state index is 12.5. The van der Waals surface area contributed by atoms with Crippen molar-refractivity contribution in [3.63, 3.8) is 0 Å². The van der Waals surface area contributed by atoms with E-state index in [0.717, 1.165) is 4.31 Å². The number of nitrogens with zero attached hydrogens (tertiary/aromatic N) is 2. The number of nitro groups is 1. The van der Waals surface area contributed by atoms with Crippen LogP contribution in [0.3, 0.4) is 0 Å². The Morgan fingerprint density at radius 1 is 1.33 bits per heavy atom. The third kappa shape index (κ3) is 3.99. The summed E-state index contributed by atoms with van der Waals surface area (Å²) in [6, 6.07) is 2.59. The van der Waals surface area contributed by atoms with Gasteiger partial charge in [-0.2, -0.15) is 0 Å². The van der Waals surface area contributed by atoms with Crippen LogP contribution in [0.25, 0.3) is 0 Å². The van der Waals surface area contributed by atoms with Gasteiger partial charge in [-0.05, 0) is 44.4 Å². The molecule has 1 aromatic carbocycles. The summed E-state index contributed by atoms with van der Waals surface area (Å²) < 4.78 is 26.0. The van der Waals surface area contributed by atoms with Crippen LogP contribution >= 0.6 is 0 Å². The summed E-state index contributed by atoms with van der Waals surface area (Å²) in [7, 11) is -2.63. The van der Waals surface area contributed by atoms with Gasteiger partial charge >= 0.3 is 0 Å². The molecule has 0 fully saturated rings. The van der Waals surface area contributed by atoms with Crippen LogP contribution in [-0.2, 0) is 10.0 Å². The molecule has 0 aliphatic heterocycles. The van der Waals surface area contributed by atoms with Crippen LogP contribution in [0.15, 0.2) is 17.0 Å². The number of hydrogen-bond acceptors (Lipinski definition) is 5. The second-order valence-electron chi connectivity index (χ2n) is 5.13. The lowest BCUT2D eigenvalue weighted by atomic mass is 10.1. The molecule has 0 heterocycles. The first-order chi connectivity index (χ1) is 9.57. The normalized spacial score (nSPS) is 13.4. The lowest BCUT2D eigenvalue weighted by Gasteiger charge is -2.18. The zero-order valence-corrected chi connectivity index (χ0v) is 13.3. The fourth-order valence-electron chi connectivity index (χ4n) is 1.78. The van der Waals surface area contributed by atoms with Crippen molar-refractivity contribution in [2.24, 2.45) is 0 Å². The molecular formula is C13H20N2O5S. The van der Waals surface area contributed by atoms with Gasteiger partial charge in [-0.3, -0.25) is 10.1 Å². The first kappa shape index (κ1) is 17.5. The number of rotatable bonds is 6. The molecule has 0 radical (unpaired) electrons. The molecule has 0 aliphatic carbocycles. The molecule has 1 N–H and O–H groups in total. The number of sulfonamides is 1. The minimum atomic E-state index is -3.97. The molecule has 8 heteroatoms. The Bertz CT molecular complexity index is 640. The van der Waals surface area contributed by atoms with Crippen molar-refractivity contribution < 1.29 is 18.4 Å². The summed E-state index contributed by atoms with van der Waals surface area (Å²) in [4.78, 5) is 10.1.